The molecule has 0 bridgehead atoms. The predicted molar refractivity (Wildman–Crippen MR) is 291 cm³/mol. The second-order valence-electron chi connectivity index (χ2n) is 15.8. The van der Waals surface area contributed by atoms with Crippen molar-refractivity contribution < 1.29 is 54.9 Å². The van der Waals surface area contributed by atoms with Gasteiger partial charge in [-0.1, -0.05) is 97.1 Å². The van der Waals surface area contributed by atoms with Crippen molar-refractivity contribution >= 4 is 46.5 Å². The summed E-state index contributed by atoms with van der Waals surface area (Å²) in [6, 6.07) is 64.3. The van der Waals surface area contributed by atoms with Gasteiger partial charge in [-0.15, -0.1) is 0 Å². The summed E-state index contributed by atoms with van der Waals surface area (Å²) in [5.41, 5.74) is 4.71. The first-order valence-corrected chi connectivity index (χ1v) is 23.4. The zero-order valence-corrected chi connectivity index (χ0v) is 44.2. The molecule has 0 spiro atoms. The van der Waals surface area contributed by atoms with Crippen molar-refractivity contribution in [3.05, 3.63) is 297 Å². The van der Waals surface area contributed by atoms with Crippen molar-refractivity contribution in [3.63, 3.8) is 0 Å². The summed E-state index contributed by atoms with van der Waals surface area (Å²) in [7, 11) is 0. The van der Waals surface area contributed by atoms with E-state index < -0.39 is 10.2 Å². The first-order valence-electron chi connectivity index (χ1n) is 23.4. The van der Waals surface area contributed by atoms with Gasteiger partial charge in [0.15, 0.2) is 0 Å². The van der Waals surface area contributed by atoms with Gasteiger partial charge in [-0.3, -0.25) is 0 Å². The maximum atomic E-state index is 8.25. The Morgan fingerprint density at radius 1 is 0.256 bits per heavy atom. The van der Waals surface area contributed by atoms with Crippen molar-refractivity contribution in [1.82, 2.24) is 39.9 Å². The molecule has 8 aromatic heterocycles. The summed E-state index contributed by atoms with van der Waals surface area (Å²) < 4.78 is 0. The SMILES string of the molecule is O=[N+]([O-])[O-].O=[N+]([O-])[O-].[Ag+].[Ag+].c1ccc(N(Cc2ccccc2CN(c2ccccn2)c2ccccn2)c2ccccn2)nc1.c1ccc(N(Cc2ccccc2CN(c2ccccn2)c2ccccn2)c2ccccn2)nc1. The van der Waals surface area contributed by atoms with E-state index in [0.29, 0.717) is 26.2 Å². The molecule has 0 fully saturated rings. The fourth-order valence-electron chi connectivity index (χ4n) is 7.64. The van der Waals surface area contributed by atoms with E-state index in [1.807, 2.05) is 146 Å². The average Bonchev–Trinajstić information content (AvgIpc) is 3.48. The smallest absolute Gasteiger partial charge is 0.356 e. The van der Waals surface area contributed by atoms with E-state index in [-0.39, 0.29) is 44.8 Å². The second kappa shape index (κ2) is 32.2. The number of anilines is 8. The number of nitrogens with zero attached hydrogens (tertiary/aromatic N) is 14. The Bertz CT molecular complexity index is 2680. The maximum Gasteiger partial charge on any atom is 1.00 e. The number of rotatable bonds is 16. The molecule has 0 atom stereocenters. The van der Waals surface area contributed by atoms with Gasteiger partial charge in [-0.05, 0) is 119 Å². The third kappa shape index (κ3) is 18.5. The minimum absolute atomic E-state index is 0. The Morgan fingerprint density at radius 2 is 0.385 bits per heavy atom. The van der Waals surface area contributed by atoms with E-state index in [4.69, 9.17) is 30.6 Å². The molecule has 78 heavy (non-hydrogen) atoms. The molecule has 8 heterocycles. The van der Waals surface area contributed by atoms with Crippen LogP contribution < -0.4 is 19.6 Å². The molecule has 0 saturated carbocycles. The van der Waals surface area contributed by atoms with Crippen LogP contribution in [0.1, 0.15) is 22.3 Å². The number of hydrogen-bond donors (Lipinski definition) is 0. The molecule has 400 valence electrons. The van der Waals surface area contributed by atoms with Crippen LogP contribution in [0.3, 0.4) is 0 Å². The monoisotopic (exact) mass is 1230 g/mol. The van der Waals surface area contributed by atoms with Gasteiger partial charge in [0.1, 0.15) is 46.5 Å². The Labute approximate surface area is 480 Å². The van der Waals surface area contributed by atoms with Crippen molar-refractivity contribution in [2.45, 2.75) is 26.2 Å². The zero-order chi connectivity index (χ0) is 53.2. The molecular weight excluding hydrogens is 1180 g/mol. The summed E-state index contributed by atoms with van der Waals surface area (Å²) in [5, 5.41) is 29.5. The molecule has 0 unspecified atom stereocenters. The Balaban J connectivity index is 0.000000247. The van der Waals surface area contributed by atoms with Crippen LogP contribution in [0.15, 0.2) is 244 Å². The molecule has 0 aliphatic heterocycles. The number of pyridine rings is 8. The molecule has 20 nitrogen and oxygen atoms in total. The minimum Gasteiger partial charge on any atom is -0.356 e. The van der Waals surface area contributed by atoms with Gasteiger partial charge in [0.25, 0.3) is 0 Å². The Kier molecular flexibility index (Phi) is 24.6. The molecule has 0 amide bonds. The predicted octanol–water partition coefficient (Wildman–Crippen LogP) is 11.4. The molecule has 0 saturated heterocycles. The summed E-state index contributed by atoms with van der Waals surface area (Å²) in [4.78, 5) is 61.8. The molecular formula is C56H48Ag2N14O6. The van der Waals surface area contributed by atoms with Crippen LogP contribution in [0.2, 0.25) is 0 Å². The summed E-state index contributed by atoms with van der Waals surface area (Å²) >= 11 is 0. The normalized spacial score (nSPS) is 9.85. The van der Waals surface area contributed by atoms with E-state index >= 15 is 0 Å². The van der Waals surface area contributed by atoms with Gasteiger partial charge < -0.3 is 50.2 Å². The fraction of sp³-hybridized carbons (Fsp3) is 0.0714. The minimum atomic E-state index is -1.75. The van der Waals surface area contributed by atoms with Crippen LogP contribution in [-0.4, -0.2) is 50.0 Å². The van der Waals surface area contributed by atoms with Crippen LogP contribution in [-0.2, 0) is 70.9 Å². The van der Waals surface area contributed by atoms with E-state index in [1.54, 1.807) is 49.6 Å². The van der Waals surface area contributed by atoms with Crippen LogP contribution in [0.25, 0.3) is 0 Å². The molecule has 22 heteroatoms. The molecule has 0 radical (unpaired) electrons. The standard InChI is InChI=1S/2C28H24N6.2Ag.2NO3/c2*1-2-12-24(22-34(27-15-5-9-19-31-27)28-16-6-10-20-32-28)23(11-1)21-33(25-13-3-7-17-29-25)26-14-4-8-18-30-26;;;2*2-1(3)4/h2*1-20H,21-22H2;;;;/q;;2*+1;2*-1. The van der Waals surface area contributed by atoms with Crippen LogP contribution in [0, 0.1) is 30.6 Å². The van der Waals surface area contributed by atoms with Crippen molar-refractivity contribution in [2.24, 2.45) is 0 Å². The van der Waals surface area contributed by atoms with Gasteiger partial charge >= 0.3 is 44.8 Å². The zero-order valence-electron chi connectivity index (χ0n) is 41.2. The van der Waals surface area contributed by atoms with Crippen molar-refractivity contribution in [1.29, 1.82) is 0 Å². The maximum absolute atomic E-state index is 8.25. The van der Waals surface area contributed by atoms with Gasteiger partial charge in [0, 0.05) is 49.6 Å². The fourth-order valence-corrected chi connectivity index (χ4v) is 7.64. The summed E-state index contributed by atoms with van der Waals surface area (Å²) in [6.45, 7) is 2.51. The first kappa shape index (κ1) is 59.6. The molecule has 0 aliphatic rings. The largest absolute Gasteiger partial charge is 1.00 e. The summed E-state index contributed by atoms with van der Waals surface area (Å²) in [6.07, 6.45) is 14.5. The van der Waals surface area contributed by atoms with Gasteiger partial charge in [-0.25, -0.2) is 39.9 Å². The van der Waals surface area contributed by atoms with E-state index in [0.717, 1.165) is 46.5 Å². The number of hydrogen-bond acceptors (Lipinski definition) is 18. The quantitative estimate of drug-likeness (QED) is 0.0495. The van der Waals surface area contributed by atoms with E-state index in [2.05, 4.69) is 108 Å². The molecule has 10 aromatic rings. The number of aromatic nitrogens is 8. The average molecular weight is 1230 g/mol. The third-order valence-corrected chi connectivity index (χ3v) is 11.0. The van der Waals surface area contributed by atoms with E-state index in [1.165, 1.54) is 22.3 Å². The number of benzene rings is 2. The van der Waals surface area contributed by atoms with Gasteiger partial charge in [0.05, 0.1) is 36.4 Å². The first-order chi connectivity index (χ1) is 37.2. The Hall–Kier alpha value is -9.28. The third-order valence-electron chi connectivity index (χ3n) is 11.0. The van der Waals surface area contributed by atoms with Crippen LogP contribution in [0.4, 0.5) is 46.5 Å². The molecule has 2 aromatic carbocycles. The topological polar surface area (TPSA) is 248 Å². The Morgan fingerprint density at radius 3 is 0.500 bits per heavy atom. The van der Waals surface area contributed by atoms with E-state index in [9.17, 15) is 0 Å². The van der Waals surface area contributed by atoms with Crippen molar-refractivity contribution in [2.75, 3.05) is 19.6 Å². The van der Waals surface area contributed by atoms with Gasteiger partial charge in [0.2, 0.25) is 0 Å². The molecule has 0 N–H and O–H groups in total. The van der Waals surface area contributed by atoms with Gasteiger partial charge in [-0.2, -0.15) is 0 Å². The van der Waals surface area contributed by atoms with Crippen molar-refractivity contribution in [3.8, 4) is 0 Å². The molecule has 10 rings (SSSR count). The molecule has 0 aliphatic carbocycles. The second-order valence-corrected chi connectivity index (χ2v) is 15.8. The summed E-state index contributed by atoms with van der Waals surface area (Å²) in [5.74, 6) is 6.79. The van der Waals surface area contributed by atoms with Crippen LogP contribution >= 0.6 is 0 Å². The van der Waals surface area contributed by atoms with Crippen LogP contribution in [0.5, 0.6) is 0 Å².